The molecule has 1 amide bonds. The minimum atomic E-state index is 0. The third-order valence-corrected chi connectivity index (χ3v) is 5.52. The fourth-order valence-electron chi connectivity index (χ4n) is 4.01. The lowest BCUT2D eigenvalue weighted by atomic mass is 9.85. The van der Waals surface area contributed by atoms with Crippen molar-refractivity contribution in [1.82, 2.24) is 10.6 Å². The molecule has 2 aliphatic rings. The van der Waals surface area contributed by atoms with E-state index in [4.69, 9.17) is 0 Å². The van der Waals surface area contributed by atoms with Crippen molar-refractivity contribution < 1.29 is 7.65 Å². The number of allylic oxidation sites excluding steroid dienone is 1. The quantitative estimate of drug-likeness (QED) is 0.858. The second kappa shape index (κ2) is 7.98. The van der Waals surface area contributed by atoms with E-state index >= 15 is 0 Å². The molecule has 0 aliphatic heterocycles. The molecular weight excluding hydrogens is 296 g/mol. The van der Waals surface area contributed by atoms with Crippen LogP contribution in [-0.4, -0.2) is 25.0 Å². The van der Waals surface area contributed by atoms with Crippen molar-refractivity contribution in [3.05, 3.63) is 41.0 Å². The number of rotatable bonds is 5. The van der Waals surface area contributed by atoms with Crippen LogP contribution in [0.4, 0.5) is 0 Å². The van der Waals surface area contributed by atoms with E-state index in [2.05, 4.69) is 47.9 Å². The van der Waals surface area contributed by atoms with Gasteiger partial charge in [-0.15, -0.1) is 0 Å². The summed E-state index contributed by atoms with van der Waals surface area (Å²) in [6.07, 6.45) is 11.9. The molecule has 2 N–H and O–H groups in total. The van der Waals surface area contributed by atoms with Gasteiger partial charge in [-0.25, -0.2) is 0 Å². The number of amides is 1. The van der Waals surface area contributed by atoms with Crippen LogP contribution in [0.3, 0.4) is 0 Å². The van der Waals surface area contributed by atoms with Gasteiger partial charge >= 0.3 is 0 Å². The van der Waals surface area contributed by atoms with Crippen LogP contribution in [0.1, 0.15) is 58.6 Å². The second-order valence-corrected chi connectivity index (χ2v) is 7.43. The van der Waals surface area contributed by atoms with Crippen molar-refractivity contribution in [3.8, 4) is 0 Å². The predicted molar refractivity (Wildman–Crippen MR) is 104 cm³/mol. The number of carbonyl (C=O) groups is 1. The first-order valence-corrected chi connectivity index (χ1v) is 9.41. The summed E-state index contributed by atoms with van der Waals surface area (Å²) < 4.78 is 0. The number of nitrogens with one attached hydrogen (secondary N) is 2. The SMILES string of the molecule is CNC1CCC(C(=O)N[C@H](C)Cc2ccc3c(c2)C=CCC3)CC1.[HH].[HH]. The van der Waals surface area contributed by atoms with Crippen LogP contribution in [0.15, 0.2) is 24.3 Å². The number of fused-ring (bicyclic) bond motifs is 1. The fraction of sp³-hybridized carbons (Fsp3) is 0.571. The average molecular weight is 331 g/mol. The van der Waals surface area contributed by atoms with Crippen molar-refractivity contribution >= 4 is 12.0 Å². The molecule has 1 atom stereocenters. The summed E-state index contributed by atoms with van der Waals surface area (Å²) in [7, 11) is 2.01. The van der Waals surface area contributed by atoms with E-state index in [1.54, 1.807) is 0 Å². The van der Waals surface area contributed by atoms with E-state index in [9.17, 15) is 4.79 Å². The molecule has 3 nitrogen and oxygen atoms in total. The minimum absolute atomic E-state index is 0. The van der Waals surface area contributed by atoms with Gasteiger partial charge in [0.15, 0.2) is 0 Å². The van der Waals surface area contributed by atoms with Crippen LogP contribution in [0.25, 0.3) is 6.08 Å². The maximum Gasteiger partial charge on any atom is 0.223 e. The molecule has 3 heteroatoms. The lowest BCUT2D eigenvalue weighted by Crippen LogP contribution is -2.41. The van der Waals surface area contributed by atoms with E-state index in [1.807, 2.05) is 7.05 Å². The lowest BCUT2D eigenvalue weighted by Gasteiger charge is -2.28. The fourth-order valence-corrected chi connectivity index (χ4v) is 4.01. The highest BCUT2D eigenvalue weighted by atomic mass is 16.1. The summed E-state index contributed by atoms with van der Waals surface area (Å²) in [5.41, 5.74) is 4.11. The molecule has 2 aliphatic carbocycles. The summed E-state index contributed by atoms with van der Waals surface area (Å²) in [6, 6.07) is 7.53. The Morgan fingerprint density at radius 1 is 1.29 bits per heavy atom. The number of aryl methyl sites for hydroxylation is 1. The summed E-state index contributed by atoms with van der Waals surface area (Å²) in [6.45, 7) is 2.12. The Balaban J connectivity index is 0.00000169. The molecule has 3 rings (SSSR count). The first-order valence-electron chi connectivity index (χ1n) is 9.41. The molecule has 24 heavy (non-hydrogen) atoms. The molecule has 134 valence electrons. The number of hydrogen-bond donors (Lipinski definition) is 2. The van der Waals surface area contributed by atoms with Crippen molar-refractivity contribution in [2.75, 3.05) is 7.05 Å². The monoisotopic (exact) mass is 330 g/mol. The molecule has 0 heterocycles. The van der Waals surface area contributed by atoms with Gasteiger partial charge < -0.3 is 10.6 Å². The molecule has 1 aromatic carbocycles. The molecule has 1 saturated carbocycles. The highest BCUT2D eigenvalue weighted by Crippen LogP contribution is 2.25. The summed E-state index contributed by atoms with van der Waals surface area (Å²) in [4.78, 5) is 12.5. The Hall–Kier alpha value is -1.61. The van der Waals surface area contributed by atoms with Crippen LogP contribution in [-0.2, 0) is 17.6 Å². The number of carbonyl (C=O) groups excluding carboxylic acids is 1. The van der Waals surface area contributed by atoms with Gasteiger partial charge in [-0.2, -0.15) is 0 Å². The van der Waals surface area contributed by atoms with Gasteiger partial charge in [0.1, 0.15) is 0 Å². The zero-order valence-electron chi connectivity index (χ0n) is 15.0. The topological polar surface area (TPSA) is 41.1 Å². The molecule has 0 radical (unpaired) electrons. The van der Waals surface area contributed by atoms with Crippen molar-refractivity contribution in [2.24, 2.45) is 5.92 Å². The Kier molecular flexibility index (Phi) is 5.72. The maximum atomic E-state index is 12.5. The Morgan fingerprint density at radius 2 is 2.08 bits per heavy atom. The van der Waals surface area contributed by atoms with Gasteiger partial charge in [0.25, 0.3) is 0 Å². The van der Waals surface area contributed by atoms with Gasteiger partial charge in [-0.3, -0.25) is 4.79 Å². The molecule has 0 saturated heterocycles. The van der Waals surface area contributed by atoms with E-state index < -0.39 is 0 Å². The van der Waals surface area contributed by atoms with E-state index in [0.717, 1.165) is 44.9 Å². The third-order valence-electron chi connectivity index (χ3n) is 5.52. The summed E-state index contributed by atoms with van der Waals surface area (Å²) >= 11 is 0. The normalized spacial score (nSPS) is 24.2. The number of hydrogen-bond acceptors (Lipinski definition) is 2. The second-order valence-electron chi connectivity index (χ2n) is 7.43. The van der Waals surface area contributed by atoms with Crippen LogP contribution in [0.2, 0.25) is 0 Å². The first kappa shape index (κ1) is 17.2. The van der Waals surface area contributed by atoms with Gasteiger partial charge in [0.2, 0.25) is 5.91 Å². The molecule has 0 aromatic heterocycles. The summed E-state index contributed by atoms with van der Waals surface area (Å²) in [5, 5.41) is 6.56. The average Bonchev–Trinajstić information content (AvgIpc) is 2.61. The van der Waals surface area contributed by atoms with Crippen LogP contribution >= 0.6 is 0 Å². The standard InChI is InChI=1S/C21H30N2O.2H2/c1-15(23-21(24)18-9-11-20(22-2)12-10-18)13-16-7-8-17-5-3-4-6-19(17)14-16;;/h4,6-8,14-15,18,20,22H,3,5,9-13H2,1-2H3,(H,23,24);2*1H/t15-,18?,20?;;/m1../s1. The van der Waals surface area contributed by atoms with Gasteiger partial charge in [-0.05, 0) is 75.6 Å². The first-order chi connectivity index (χ1) is 11.7. The highest BCUT2D eigenvalue weighted by Gasteiger charge is 2.26. The zero-order valence-corrected chi connectivity index (χ0v) is 15.0. The van der Waals surface area contributed by atoms with E-state index in [-0.39, 0.29) is 20.7 Å². The van der Waals surface area contributed by atoms with Crippen LogP contribution in [0.5, 0.6) is 0 Å². The summed E-state index contributed by atoms with van der Waals surface area (Å²) in [5.74, 6) is 0.443. The van der Waals surface area contributed by atoms with E-state index in [0.29, 0.717) is 6.04 Å². The van der Waals surface area contributed by atoms with Gasteiger partial charge in [0, 0.05) is 20.9 Å². The van der Waals surface area contributed by atoms with Crippen molar-refractivity contribution in [3.63, 3.8) is 0 Å². The molecular formula is C21H34N2O. The Morgan fingerprint density at radius 3 is 2.83 bits per heavy atom. The Labute approximate surface area is 148 Å². The zero-order chi connectivity index (χ0) is 16.9. The van der Waals surface area contributed by atoms with E-state index in [1.165, 1.54) is 16.7 Å². The largest absolute Gasteiger partial charge is 0.353 e. The lowest BCUT2D eigenvalue weighted by molar-refractivity contribution is -0.126. The Bertz CT molecular complexity index is 610. The molecule has 0 spiro atoms. The van der Waals surface area contributed by atoms with Gasteiger partial charge in [-0.1, -0.05) is 30.4 Å². The predicted octanol–water partition coefficient (Wildman–Crippen LogP) is 3.96. The molecule has 1 aromatic rings. The molecule has 0 unspecified atom stereocenters. The molecule has 1 fully saturated rings. The smallest absolute Gasteiger partial charge is 0.223 e. The minimum Gasteiger partial charge on any atom is -0.353 e. The van der Waals surface area contributed by atoms with Crippen LogP contribution in [0, 0.1) is 5.92 Å². The maximum absolute atomic E-state index is 12.5. The number of benzene rings is 1. The highest BCUT2D eigenvalue weighted by molar-refractivity contribution is 5.79. The molecule has 0 bridgehead atoms. The van der Waals surface area contributed by atoms with Crippen molar-refractivity contribution in [1.29, 1.82) is 0 Å². The third kappa shape index (κ3) is 4.27. The van der Waals surface area contributed by atoms with Crippen molar-refractivity contribution in [2.45, 2.75) is 64.0 Å². The van der Waals surface area contributed by atoms with Crippen LogP contribution < -0.4 is 10.6 Å². The van der Waals surface area contributed by atoms with Gasteiger partial charge in [0.05, 0.1) is 0 Å².